The third-order valence-electron chi connectivity index (χ3n) is 1.49. The van der Waals surface area contributed by atoms with Crippen LogP contribution >= 0.6 is 0 Å². The Bertz CT molecular complexity index is 99.0. The Hall–Kier alpha value is -0.220. The molecule has 2 N–H and O–H groups in total. The van der Waals surface area contributed by atoms with Gasteiger partial charge in [-0.25, -0.2) is 8.78 Å². The molecule has 1 aliphatic heterocycles. The van der Waals surface area contributed by atoms with Crippen molar-refractivity contribution >= 4 is 0 Å². The van der Waals surface area contributed by atoms with E-state index in [1.54, 1.807) is 0 Å². The Morgan fingerprint density at radius 3 is 2.33 bits per heavy atom. The second-order valence-electron chi connectivity index (χ2n) is 2.20. The van der Waals surface area contributed by atoms with Gasteiger partial charge in [0.25, 0.3) is 0 Å². The molecule has 1 heterocycles. The summed E-state index contributed by atoms with van der Waals surface area (Å²) in [7, 11) is 0. The third-order valence-corrected chi connectivity index (χ3v) is 1.49. The van der Waals surface area contributed by atoms with Gasteiger partial charge in [0, 0.05) is 6.04 Å². The van der Waals surface area contributed by atoms with Crippen LogP contribution in [0.3, 0.4) is 0 Å². The standard InChI is InChI=1S/C5H9F2NO/c6-5(7)3-1-9-2-4(3)8/h3-5H,1-2,8H2/t3-,4-/m0/s1. The molecule has 0 bridgehead atoms. The van der Waals surface area contributed by atoms with Gasteiger partial charge in [-0.2, -0.15) is 0 Å². The zero-order valence-electron chi connectivity index (χ0n) is 4.89. The molecule has 0 aromatic rings. The second-order valence-corrected chi connectivity index (χ2v) is 2.20. The van der Waals surface area contributed by atoms with Crippen molar-refractivity contribution in [2.75, 3.05) is 13.2 Å². The summed E-state index contributed by atoms with van der Waals surface area (Å²) in [6, 6.07) is -0.468. The van der Waals surface area contributed by atoms with E-state index in [-0.39, 0.29) is 13.2 Å². The van der Waals surface area contributed by atoms with E-state index in [0.29, 0.717) is 0 Å². The first kappa shape index (κ1) is 6.89. The molecular weight excluding hydrogens is 128 g/mol. The highest BCUT2D eigenvalue weighted by Crippen LogP contribution is 2.18. The van der Waals surface area contributed by atoms with Crippen molar-refractivity contribution in [3.05, 3.63) is 0 Å². The minimum atomic E-state index is -2.33. The van der Waals surface area contributed by atoms with Crippen LogP contribution in [0.15, 0.2) is 0 Å². The van der Waals surface area contributed by atoms with Gasteiger partial charge in [-0.1, -0.05) is 0 Å². The van der Waals surface area contributed by atoms with Crippen molar-refractivity contribution in [2.24, 2.45) is 11.7 Å². The molecule has 0 saturated carbocycles. The Balaban J connectivity index is 2.40. The molecule has 1 rings (SSSR count). The number of nitrogens with two attached hydrogens (primary N) is 1. The largest absolute Gasteiger partial charge is 0.379 e. The van der Waals surface area contributed by atoms with E-state index >= 15 is 0 Å². The van der Waals surface area contributed by atoms with Crippen molar-refractivity contribution in [2.45, 2.75) is 12.5 Å². The molecule has 1 fully saturated rings. The average molecular weight is 137 g/mol. The number of halogens is 2. The molecule has 0 aromatic carbocycles. The molecule has 1 saturated heterocycles. The zero-order chi connectivity index (χ0) is 6.85. The minimum Gasteiger partial charge on any atom is -0.379 e. The number of rotatable bonds is 1. The van der Waals surface area contributed by atoms with Crippen LogP contribution in [0, 0.1) is 5.92 Å². The highest BCUT2D eigenvalue weighted by atomic mass is 19.3. The molecule has 4 heteroatoms. The predicted octanol–water partition coefficient (Wildman–Crippen LogP) is 0.225. The highest BCUT2D eigenvalue weighted by molar-refractivity contribution is 4.79. The van der Waals surface area contributed by atoms with Crippen LogP contribution in [0.4, 0.5) is 8.78 Å². The first-order valence-corrected chi connectivity index (χ1v) is 2.83. The Labute approximate surface area is 52.0 Å². The molecule has 0 spiro atoms. The summed E-state index contributed by atoms with van der Waals surface area (Å²) in [5.74, 6) is -0.745. The summed E-state index contributed by atoms with van der Waals surface area (Å²) in [6.07, 6.45) is -2.33. The summed E-state index contributed by atoms with van der Waals surface area (Å²) in [5.41, 5.74) is 5.27. The van der Waals surface area contributed by atoms with E-state index in [4.69, 9.17) is 10.5 Å². The lowest BCUT2D eigenvalue weighted by molar-refractivity contribution is 0.0626. The number of hydrogen-bond acceptors (Lipinski definition) is 2. The Morgan fingerprint density at radius 1 is 1.44 bits per heavy atom. The average Bonchev–Trinajstić information content (AvgIpc) is 2.13. The van der Waals surface area contributed by atoms with Gasteiger partial charge in [0.15, 0.2) is 0 Å². The summed E-state index contributed by atoms with van der Waals surface area (Å²) < 4.78 is 28.4. The van der Waals surface area contributed by atoms with Crippen LogP contribution in [0.25, 0.3) is 0 Å². The fraction of sp³-hybridized carbons (Fsp3) is 1.00. The fourth-order valence-corrected chi connectivity index (χ4v) is 0.847. The van der Waals surface area contributed by atoms with Crippen molar-refractivity contribution in [3.8, 4) is 0 Å². The van der Waals surface area contributed by atoms with Gasteiger partial charge in [-0.05, 0) is 0 Å². The summed E-state index contributed by atoms with van der Waals surface area (Å²) in [6.45, 7) is 0.383. The highest BCUT2D eigenvalue weighted by Gasteiger charge is 2.32. The molecule has 0 unspecified atom stereocenters. The van der Waals surface area contributed by atoms with E-state index in [0.717, 1.165) is 0 Å². The molecule has 0 aromatic heterocycles. The van der Waals surface area contributed by atoms with Gasteiger partial charge in [0.2, 0.25) is 6.43 Å². The van der Waals surface area contributed by atoms with E-state index in [1.807, 2.05) is 0 Å². The van der Waals surface area contributed by atoms with Gasteiger partial charge in [-0.15, -0.1) is 0 Å². The topological polar surface area (TPSA) is 35.2 Å². The summed E-state index contributed by atoms with van der Waals surface area (Å²) in [4.78, 5) is 0. The second kappa shape index (κ2) is 2.58. The molecule has 0 radical (unpaired) electrons. The first-order chi connectivity index (χ1) is 4.22. The maximum Gasteiger partial charge on any atom is 0.245 e. The van der Waals surface area contributed by atoms with E-state index in [2.05, 4.69) is 0 Å². The summed E-state index contributed by atoms with van der Waals surface area (Å²) >= 11 is 0. The van der Waals surface area contributed by atoms with Gasteiger partial charge in [0.1, 0.15) is 0 Å². The lowest BCUT2D eigenvalue weighted by Crippen LogP contribution is -2.32. The van der Waals surface area contributed by atoms with Gasteiger partial charge >= 0.3 is 0 Å². The predicted molar refractivity (Wildman–Crippen MR) is 28.3 cm³/mol. The lowest BCUT2D eigenvalue weighted by atomic mass is 10.1. The summed E-state index contributed by atoms with van der Waals surface area (Å²) in [5, 5.41) is 0. The monoisotopic (exact) mass is 137 g/mol. The molecule has 2 atom stereocenters. The first-order valence-electron chi connectivity index (χ1n) is 2.83. The third kappa shape index (κ3) is 1.37. The number of alkyl halides is 2. The smallest absolute Gasteiger partial charge is 0.245 e. The zero-order valence-corrected chi connectivity index (χ0v) is 4.89. The lowest BCUT2D eigenvalue weighted by Gasteiger charge is -2.09. The number of ether oxygens (including phenoxy) is 1. The quantitative estimate of drug-likeness (QED) is 0.561. The molecular formula is C5H9F2NO. The van der Waals surface area contributed by atoms with E-state index in [9.17, 15) is 8.78 Å². The molecule has 9 heavy (non-hydrogen) atoms. The minimum absolute atomic E-state index is 0.110. The Morgan fingerprint density at radius 2 is 2.11 bits per heavy atom. The molecule has 2 nitrogen and oxygen atoms in total. The van der Waals surface area contributed by atoms with E-state index in [1.165, 1.54) is 0 Å². The van der Waals surface area contributed by atoms with Crippen molar-refractivity contribution in [1.82, 2.24) is 0 Å². The molecule has 0 aliphatic carbocycles. The van der Waals surface area contributed by atoms with Crippen molar-refractivity contribution in [3.63, 3.8) is 0 Å². The van der Waals surface area contributed by atoms with Gasteiger partial charge < -0.3 is 10.5 Å². The van der Waals surface area contributed by atoms with Crippen LogP contribution in [-0.2, 0) is 4.74 Å². The van der Waals surface area contributed by atoms with Crippen LogP contribution in [0.2, 0.25) is 0 Å². The number of hydrogen-bond donors (Lipinski definition) is 1. The normalized spacial score (nSPS) is 36.0. The van der Waals surface area contributed by atoms with Gasteiger partial charge in [-0.3, -0.25) is 0 Å². The van der Waals surface area contributed by atoms with Crippen molar-refractivity contribution in [1.29, 1.82) is 0 Å². The van der Waals surface area contributed by atoms with Crippen LogP contribution in [0.1, 0.15) is 0 Å². The maximum absolute atomic E-state index is 11.8. The Kier molecular flexibility index (Phi) is 1.97. The van der Waals surface area contributed by atoms with Crippen LogP contribution in [-0.4, -0.2) is 25.7 Å². The van der Waals surface area contributed by atoms with Crippen LogP contribution in [0.5, 0.6) is 0 Å². The van der Waals surface area contributed by atoms with Crippen molar-refractivity contribution < 1.29 is 13.5 Å². The molecule has 1 aliphatic rings. The molecule has 0 amide bonds. The van der Waals surface area contributed by atoms with Crippen LogP contribution < -0.4 is 5.73 Å². The maximum atomic E-state index is 11.8. The fourth-order valence-electron chi connectivity index (χ4n) is 0.847. The van der Waals surface area contributed by atoms with Gasteiger partial charge in [0.05, 0.1) is 19.1 Å². The SMILES string of the molecule is N[C@H]1COC[C@@H]1C(F)F. The van der Waals surface area contributed by atoms with E-state index < -0.39 is 18.4 Å². The molecule has 54 valence electrons.